The molecule has 4 heteroatoms. The third-order valence-electron chi connectivity index (χ3n) is 1.76. The Balaban J connectivity index is 2.74. The van der Waals surface area contributed by atoms with Crippen LogP contribution in [0.1, 0.15) is 14.2 Å². The highest BCUT2D eigenvalue weighted by Crippen LogP contribution is 2.34. The van der Waals surface area contributed by atoms with Crippen molar-refractivity contribution in [1.82, 2.24) is 0 Å². The first kappa shape index (κ1) is 7.66. The number of halogens is 3. The molecule has 1 rings (SSSR count). The summed E-state index contributed by atoms with van der Waals surface area (Å²) in [7, 11) is 0. The molecule has 0 aromatic heterocycles. The van der Waals surface area contributed by atoms with Crippen LogP contribution in [-0.2, 0) is 0 Å². The molecular weight excluding hydrogens is 167 g/mol. The van der Waals surface area contributed by atoms with Gasteiger partial charge in [-0.2, -0.15) is 18.4 Å². The van der Waals surface area contributed by atoms with Crippen molar-refractivity contribution < 1.29 is 14.5 Å². The summed E-state index contributed by atoms with van der Waals surface area (Å²) in [5.41, 5.74) is 0. The van der Waals surface area contributed by atoms with Crippen molar-refractivity contribution in [2.75, 3.05) is 0 Å². The van der Waals surface area contributed by atoms with Gasteiger partial charge in [0.05, 0.1) is 17.9 Å². The summed E-state index contributed by atoms with van der Waals surface area (Å²) in [6, 6.07) is 1.78. The zero-order valence-electron chi connectivity index (χ0n) is 7.17. The second kappa shape index (κ2) is 3.18. The van der Waals surface area contributed by atoms with Gasteiger partial charge in [0.1, 0.15) is 0 Å². The van der Waals surface area contributed by atoms with Crippen LogP contribution in [0.4, 0.5) is 13.2 Å². The lowest BCUT2D eigenvalue weighted by Gasteiger charge is -2.21. The predicted molar refractivity (Wildman–Crippen MR) is 37.0 cm³/mol. The maximum Gasteiger partial charge on any atom is 0.395 e. The van der Waals surface area contributed by atoms with E-state index in [0.29, 0.717) is 0 Å². The van der Waals surface area contributed by atoms with Gasteiger partial charge in [-0.15, -0.1) is 0 Å². The first-order valence-electron chi connectivity index (χ1n) is 4.10. The van der Waals surface area contributed by atoms with Gasteiger partial charge in [-0.05, 0) is 12.8 Å². The Morgan fingerprint density at radius 2 is 2.17 bits per heavy atom. The average Bonchev–Trinajstić information content (AvgIpc) is 2.02. The van der Waals surface area contributed by atoms with Crippen LogP contribution in [0.5, 0.6) is 0 Å². The van der Waals surface area contributed by atoms with Gasteiger partial charge in [-0.3, -0.25) is 0 Å². The highest BCUT2D eigenvalue weighted by Gasteiger charge is 2.38. The highest BCUT2D eigenvalue weighted by molar-refractivity contribution is 5.07. The maximum atomic E-state index is 12.1. The van der Waals surface area contributed by atoms with Crippen molar-refractivity contribution in [1.29, 1.82) is 5.26 Å². The van der Waals surface area contributed by atoms with Gasteiger partial charge in [0, 0.05) is 1.37 Å². The van der Waals surface area contributed by atoms with Gasteiger partial charge in [-0.1, -0.05) is 12.2 Å². The normalized spacial score (nSPS) is 37.2. The molecular formula is C8H8F3N. The molecule has 0 saturated heterocycles. The summed E-state index contributed by atoms with van der Waals surface area (Å²) in [5, 5.41) is 8.45. The summed E-state index contributed by atoms with van der Waals surface area (Å²) in [5.74, 6) is -2.25. The molecule has 12 heavy (non-hydrogen) atoms. The van der Waals surface area contributed by atoms with Crippen molar-refractivity contribution in [3.8, 4) is 6.07 Å². The van der Waals surface area contributed by atoms with Crippen LogP contribution < -0.4 is 0 Å². The summed E-state index contributed by atoms with van der Waals surface area (Å²) < 4.78 is 43.7. The van der Waals surface area contributed by atoms with Crippen LogP contribution in [0.2, 0.25) is 0 Å². The van der Waals surface area contributed by atoms with E-state index in [1.54, 1.807) is 6.07 Å². The van der Waals surface area contributed by atoms with E-state index in [1.165, 1.54) is 6.08 Å². The summed E-state index contributed by atoms with van der Waals surface area (Å²) in [4.78, 5) is 0. The van der Waals surface area contributed by atoms with Gasteiger partial charge in [0.15, 0.2) is 0 Å². The summed E-state index contributed by atoms with van der Waals surface area (Å²) in [6.07, 6.45) is -3.38. The third-order valence-corrected chi connectivity index (χ3v) is 1.76. The monoisotopic (exact) mass is 176 g/mol. The highest BCUT2D eigenvalue weighted by atomic mass is 19.4. The molecule has 0 aromatic carbocycles. The molecule has 0 bridgehead atoms. The number of hydrogen-bond donors (Lipinski definition) is 0. The lowest BCUT2D eigenvalue weighted by Crippen LogP contribution is -2.23. The van der Waals surface area contributed by atoms with E-state index >= 15 is 0 Å². The molecule has 0 spiro atoms. The largest absolute Gasteiger partial charge is 0.395 e. The number of alkyl halides is 3. The molecule has 0 unspecified atom stereocenters. The molecule has 1 aliphatic carbocycles. The van der Waals surface area contributed by atoms with Crippen LogP contribution in [0.3, 0.4) is 0 Å². The summed E-state index contributed by atoms with van der Waals surface area (Å²) >= 11 is 0. The number of rotatable bonds is 0. The van der Waals surface area contributed by atoms with Crippen LogP contribution in [0.25, 0.3) is 0 Å². The average molecular weight is 176 g/mol. The third kappa shape index (κ3) is 2.00. The lowest BCUT2D eigenvalue weighted by molar-refractivity contribution is -0.164. The van der Waals surface area contributed by atoms with Crippen molar-refractivity contribution in [2.24, 2.45) is 11.8 Å². The molecule has 0 heterocycles. The van der Waals surface area contributed by atoms with Gasteiger partial charge < -0.3 is 0 Å². The number of hydrogen-bond acceptors (Lipinski definition) is 1. The Morgan fingerprint density at radius 3 is 2.58 bits per heavy atom. The van der Waals surface area contributed by atoms with Crippen molar-refractivity contribution >= 4 is 0 Å². The number of nitriles is 1. The molecule has 0 radical (unpaired) electrons. The quantitative estimate of drug-likeness (QED) is 0.520. The Labute approximate surface area is 69.9 Å². The molecule has 3 atom stereocenters. The van der Waals surface area contributed by atoms with Crippen LogP contribution in [-0.4, -0.2) is 6.18 Å². The first-order valence-corrected chi connectivity index (χ1v) is 3.52. The van der Waals surface area contributed by atoms with Crippen molar-refractivity contribution in [3.05, 3.63) is 12.2 Å². The maximum absolute atomic E-state index is 12.1. The topological polar surface area (TPSA) is 23.8 Å². The molecule has 66 valence electrons. The Morgan fingerprint density at radius 1 is 1.50 bits per heavy atom. The van der Waals surface area contributed by atoms with E-state index in [4.69, 9.17) is 6.63 Å². The minimum atomic E-state index is -4.28. The molecule has 0 aliphatic heterocycles. The molecule has 0 amide bonds. The number of allylic oxidation sites excluding steroid dienone is 2. The summed E-state index contributed by atoms with van der Waals surface area (Å²) in [6.45, 7) is 0. The zero-order valence-corrected chi connectivity index (χ0v) is 6.17. The van der Waals surface area contributed by atoms with Crippen LogP contribution in [0, 0.1) is 23.2 Å². The van der Waals surface area contributed by atoms with Gasteiger partial charge in [0.25, 0.3) is 0 Å². The van der Waals surface area contributed by atoms with E-state index in [2.05, 4.69) is 0 Å². The fourth-order valence-electron chi connectivity index (χ4n) is 1.04. The molecule has 0 fully saturated rings. The minimum Gasteiger partial charge on any atom is -0.198 e. The molecule has 0 saturated carbocycles. The first-order chi connectivity index (χ1) is 5.95. The van der Waals surface area contributed by atoms with E-state index in [9.17, 15) is 13.2 Å². The zero-order chi connectivity index (χ0) is 10.1. The minimum absolute atomic E-state index is 0.307. The SMILES string of the molecule is [2H][C@@H]1C[C@@H](C(F)(F)F)C=C[C@@H]1C#N. The smallest absolute Gasteiger partial charge is 0.198 e. The van der Waals surface area contributed by atoms with E-state index < -0.39 is 24.4 Å². The van der Waals surface area contributed by atoms with Crippen LogP contribution >= 0.6 is 0 Å². The molecule has 1 nitrogen and oxygen atoms in total. The molecule has 0 N–H and O–H groups in total. The Bertz CT molecular complexity index is 253. The fraction of sp³-hybridized carbons (Fsp3) is 0.625. The van der Waals surface area contributed by atoms with Gasteiger partial charge >= 0.3 is 6.18 Å². The van der Waals surface area contributed by atoms with Crippen molar-refractivity contribution in [3.63, 3.8) is 0 Å². The lowest BCUT2D eigenvalue weighted by atomic mass is 9.89. The van der Waals surface area contributed by atoms with Gasteiger partial charge in [-0.25, -0.2) is 0 Å². The van der Waals surface area contributed by atoms with Crippen molar-refractivity contribution in [2.45, 2.75) is 19.0 Å². The molecule has 0 aromatic rings. The predicted octanol–water partition coefficient (Wildman–Crippen LogP) is 2.65. The molecule has 1 aliphatic rings. The second-order valence-electron chi connectivity index (χ2n) is 2.66. The fourth-order valence-corrected chi connectivity index (χ4v) is 1.04. The van der Waals surface area contributed by atoms with Gasteiger partial charge in [0.2, 0.25) is 0 Å². The van der Waals surface area contributed by atoms with Crippen LogP contribution in [0.15, 0.2) is 12.2 Å². The second-order valence-corrected chi connectivity index (χ2v) is 2.66. The van der Waals surface area contributed by atoms with E-state index in [1.807, 2.05) is 0 Å². The standard InChI is InChI=1S/C8H8F3N/c9-8(10,11)7-3-1-6(5-12)2-4-7/h1,3,6-7H,2,4H2/t6-,7-/m0/s1/i2D/t2-,6+,7+/m1. The van der Waals surface area contributed by atoms with E-state index in [-0.39, 0.29) is 6.42 Å². The Kier molecular flexibility index (Phi) is 2.03. The Hall–Kier alpha value is -0.980. The number of nitrogens with zero attached hydrogens (tertiary/aromatic N) is 1. The van der Waals surface area contributed by atoms with E-state index in [0.717, 1.165) is 6.08 Å².